The van der Waals surface area contributed by atoms with Crippen molar-refractivity contribution in [3.8, 4) is 0 Å². The third-order valence-electron chi connectivity index (χ3n) is 6.21. The number of amides is 1. The second kappa shape index (κ2) is 8.64. The summed E-state index contributed by atoms with van der Waals surface area (Å²) in [6, 6.07) is 0. The van der Waals surface area contributed by atoms with E-state index < -0.39 is 5.97 Å². The minimum Gasteiger partial charge on any atom is -0.464 e. The highest BCUT2D eigenvalue weighted by molar-refractivity contribution is 6.01. The highest BCUT2D eigenvalue weighted by Gasteiger charge is 2.35. The topological polar surface area (TPSA) is 73.7 Å². The van der Waals surface area contributed by atoms with Crippen LogP contribution in [-0.2, 0) is 20.8 Å². The average Bonchev–Trinajstić information content (AvgIpc) is 3.02. The quantitative estimate of drug-likeness (QED) is 0.721. The van der Waals surface area contributed by atoms with E-state index in [-0.39, 0.29) is 24.3 Å². The van der Waals surface area contributed by atoms with Gasteiger partial charge in [-0.25, -0.2) is 9.78 Å². The maximum Gasteiger partial charge on any atom is 0.360 e. The number of esters is 1. The van der Waals surface area contributed by atoms with Crippen LogP contribution in [0.3, 0.4) is 0 Å². The fraction of sp³-hybridized carbons (Fsp3) is 0.762. The maximum atomic E-state index is 13.0. The molecule has 2 aliphatic rings. The number of carbonyl (C=O) groups is 2. The molecule has 1 aliphatic heterocycles. The number of rotatable bonds is 5. The van der Waals surface area contributed by atoms with Gasteiger partial charge in [0.05, 0.1) is 13.2 Å². The molecule has 3 unspecified atom stereocenters. The van der Waals surface area contributed by atoms with Crippen molar-refractivity contribution in [1.82, 2.24) is 9.55 Å². The Morgan fingerprint density at radius 3 is 2.68 bits per heavy atom. The van der Waals surface area contributed by atoms with Crippen molar-refractivity contribution >= 4 is 17.7 Å². The summed E-state index contributed by atoms with van der Waals surface area (Å²) in [5.74, 6) is 2.28. The van der Waals surface area contributed by atoms with Crippen LogP contribution >= 0.6 is 0 Å². The van der Waals surface area contributed by atoms with E-state index in [0.29, 0.717) is 30.1 Å². The summed E-state index contributed by atoms with van der Waals surface area (Å²) in [6.45, 7) is 9.89. The summed E-state index contributed by atoms with van der Waals surface area (Å²) in [7, 11) is 1.33. The van der Waals surface area contributed by atoms with Gasteiger partial charge in [0.15, 0.2) is 11.5 Å². The molecule has 0 saturated heterocycles. The largest absolute Gasteiger partial charge is 0.464 e. The van der Waals surface area contributed by atoms with Crippen LogP contribution < -0.4 is 4.90 Å². The minimum atomic E-state index is -0.515. The molecule has 7 nitrogen and oxygen atoms in total. The number of nitrogens with zero attached hydrogens (tertiary/aromatic N) is 3. The van der Waals surface area contributed by atoms with Gasteiger partial charge in [-0.3, -0.25) is 9.69 Å². The predicted octanol–water partition coefficient (Wildman–Crippen LogP) is 3.19. The molecule has 7 heteroatoms. The Morgan fingerprint density at radius 1 is 1.25 bits per heavy atom. The Balaban J connectivity index is 1.75. The first-order chi connectivity index (χ1) is 13.3. The zero-order valence-corrected chi connectivity index (χ0v) is 17.7. The van der Waals surface area contributed by atoms with E-state index in [2.05, 4.69) is 25.8 Å². The lowest BCUT2D eigenvalue weighted by atomic mass is 9.75. The summed E-state index contributed by atoms with van der Waals surface area (Å²) >= 11 is 0. The average molecular weight is 392 g/mol. The molecule has 0 bridgehead atoms. The lowest BCUT2D eigenvalue weighted by Gasteiger charge is -2.37. The zero-order valence-electron chi connectivity index (χ0n) is 17.7. The number of imidazole rings is 1. The lowest BCUT2D eigenvalue weighted by Crippen LogP contribution is -2.43. The van der Waals surface area contributed by atoms with Crippen molar-refractivity contribution in [2.75, 3.05) is 25.2 Å². The van der Waals surface area contributed by atoms with E-state index in [1.807, 2.05) is 11.5 Å². The molecule has 3 atom stereocenters. The number of hydrogen-bond donors (Lipinski definition) is 0. The molecule has 1 fully saturated rings. The summed E-state index contributed by atoms with van der Waals surface area (Å²) in [5.41, 5.74) is 0.208. The Kier molecular flexibility index (Phi) is 6.43. The van der Waals surface area contributed by atoms with Gasteiger partial charge in [-0.15, -0.1) is 0 Å². The zero-order chi connectivity index (χ0) is 20.4. The van der Waals surface area contributed by atoms with Gasteiger partial charge in [0.2, 0.25) is 0 Å². The Morgan fingerprint density at radius 2 is 2.00 bits per heavy atom. The number of methoxy groups -OCH3 is 1. The number of aromatic nitrogens is 2. The van der Waals surface area contributed by atoms with Crippen LogP contribution in [0.2, 0.25) is 0 Å². The lowest BCUT2D eigenvalue weighted by molar-refractivity contribution is -0.128. The van der Waals surface area contributed by atoms with Crippen LogP contribution in [0.5, 0.6) is 0 Å². The fourth-order valence-corrected chi connectivity index (χ4v) is 4.63. The third kappa shape index (κ3) is 4.09. The molecule has 0 N–H and O–H groups in total. The highest BCUT2D eigenvalue weighted by atomic mass is 16.5. The van der Waals surface area contributed by atoms with E-state index in [1.54, 1.807) is 4.90 Å². The van der Waals surface area contributed by atoms with Crippen LogP contribution in [-0.4, -0.2) is 47.8 Å². The van der Waals surface area contributed by atoms with Crippen LogP contribution in [0, 0.1) is 24.7 Å². The number of hydrogen-bond acceptors (Lipinski definition) is 5. The highest BCUT2D eigenvalue weighted by Crippen LogP contribution is 2.35. The minimum absolute atomic E-state index is 0.0332. The molecular weight excluding hydrogens is 358 g/mol. The Bertz CT molecular complexity index is 727. The van der Waals surface area contributed by atoms with Gasteiger partial charge in [0.25, 0.3) is 5.91 Å². The number of anilines is 1. The van der Waals surface area contributed by atoms with Crippen molar-refractivity contribution in [1.29, 1.82) is 0 Å². The Labute approximate surface area is 167 Å². The van der Waals surface area contributed by atoms with Gasteiger partial charge in [-0.1, -0.05) is 27.2 Å². The molecule has 2 heterocycles. The van der Waals surface area contributed by atoms with E-state index in [4.69, 9.17) is 9.47 Å². The first kappa shape index (κ1) is 20.8. The van der Waals surface area contributed by atoms with E-state index in [1.165, 1.54) is 13.5 Å². The first-order valence-corrected chi connectivity index (χ1v) is 10.4. The summed E-state index contributed by atoms with van der Waals surface area (Å²) in [4.78, 5) is 31.2. The van der Waals surface area contributed by atoms with E-state index >= 15 is 0 Å². The number of aryl methyl sites for hydroxylation is 1. The van der Waals surface area contributed by atoms with Gasteiger partial charge in [0, 0.05) is 13.1 Å². The molecule has 1 aromatic rings. The summed E-state index contributed by atoms with van der Waals surface area (Å²) < 4.78 is 12.9. The molecule has 156 valence electrons. The van der Waals surface area contributed by atoms with Crippen LogP contribution in [0.15, 0.2) is 0 Å². The molecule has 1 aliphatic carbocycles. The standard InChI is InChI=1S/C21H33N3O4/c1-13(2)16-8-7-14(3)11-17(16)28-12-18(25)24-10-6-9-23-15(4)22-19(20(23)24)21(26)27-5/h13-14,16-17H,6-12H2,1-5H3. The monoisotopic (exact) mass is 391 g/mol. The van der Waals surface area contributed by atoms with Crippen molar-refractivity contribution in [3.63, 3.8) is 0 Å². The molecule has 1 aromatic heterocycles. The van der Waals surface area contributed by atoms with Gasteiger partial charge in [-0.2, -0.15) is 0 Å². The van der Waals surface area contributed by atoms with Gasteiger partial charge >= 0.3 is 5.97 Å². The van der Waals surface area contributed by atoms with Crippen LogP contribution in [0.1, 0.15) is 62.8 Å². The number of fused-ring (bicyclic) bond motifs is 1. The SMILES string of the molecule is COC(=O)c1nc(C)n2c1N(C(=O)COC1CC(C)CCC1C(C)C)CCC2. The predicted molar refractivity (Wildman–Crippen MR) is 106 cm³/mol. The molecule has 3 rings (SSSR count). The van der Waals surface area contributed by atoms with Gasteiger partial charge < -0.3 is 14.0 Å². The molecular formula is C21H33N3O4. The smallest absolute Gasteiger partial charge is 0.360 e. The van der Waals surface area contributed by atoms with Crippen molar-refractivity contribution in [2.45, 2.75) is 66.0 Å². The third-order valence-corrected chi connectivity index (χ3v) is 6.21. The second-order valence-corrected chi connectivity index (χ2v) is 8.55. The maximum absolute atomic E-state index is 13.0. The Hall–Kier alpha value is -1.89. The second-order valence-electron chi connectivity index (χ2n) is 8.55. The summed E-state index contributed by atoms with van der Waals surface area (Å²) in [5, 5.41) is 0. The molecule has 0 radical (unpaired) electrons. The van der Waals surface area contributed by atoms with Gasteiger partial charge in [0.1, 0.15) is 12.4 Å². The molecule has 1 saturated carbocycles. The van der Waals surface area contributed by atoms with Crippen LogP contribution in [0.4, 0.5) is 5.82 Å². The number of carbonyl (C=O) groups excluding carboxylic acids is 2. The van der Waals surface area contributed by atoms with Crippen molar-refractivity contribution < 1.29 is 19.1 Å². The molecule has 0 aromatic carbocycles. The van der Waals surface area contributed by atoms with E-state index in [9.17, 15) is 9.59 Å². The molecule has 1 amide bonds. The van der Waals surface area contributed by atoms with Gasteiger partial charge in [-0.05, 0) is 43.9 Å². The molecule has 0 spiro atoms. The summed E-state index contributed by atoms with van der Waals surface area (Å²) in [6.07, 6.45) is 4.32. The number of ether oxygens (including phenoxy) is 2. The fourth-order valence-electron chi connectivity index (χ4n) is 4.63. The van der Waals surface area contributed by atoms with Crippen molar-refractivity contribution in [3.05, 3.63) is 11.5 Å². The normalized spacial score (nSPS) is 24.9. The first-order valence-electron chi connectivity index (χ1n) is 10.4. The van der Waals surface area contributed by atoms with Crippen molar-refractivity contribution in [2.24, 2.45) is 17.8 Å². The van der Waals surface area contributed by atoms with E-state index in [0.717, 1.165) is 31.6 Å². The molecule has 28 heavy (non-hydrogen) atoms. The van der Waals surface area contributed by atoms with Crippen LogP contribution in [0.25, 0.3) is 0 Å².